The summed E-state index contributed by atoms with van der Waals surface area (Å²) < 4.78 is 0. The lowest BCUT2D eigenvalue weighted by Crippen LogP contribution is -2.36. The lowest BCUT2D eigenvalue weighted by Gasteiger charge is -2.10. The molecule has 1 aromatic rings. The van der Waals surface area contributed by atoms with E-state index in [1.165, 1.54) is 11.1 Å². The highest BCUT2D eigenvalue weighted by Crippen LogP contribution is 2.08. The second-order valence-corrected chi connectivity index (χ2v) is 4.94. The van der Waals surface area contributed by atoms with E-state index in [2.05, 4.69) is 41.8 Å². The fourth-order valence-corrected chi connectivity index (χ4v) is 2.21. The second-order valence-electron chi connectivity index (χ2n) is 4.94. The fourth-order valence-electron chi connectivity index (χ4n) is 2.21. The zero-order chi connectivity index (χ0) is 13.7. The largest absolute Gasteiger partial charge is 0.354 e. The molecule has 1 heterocycles. The average molecular weight is 260 g/mol. The molecular weight excluding hydrogens is 240 g/mol. The molecule has 1 fully saturated rings. The number of amides is 2. The molecule has 1 saturated heterocycles. The average Bonchev–Trinajstić information content (AvgIpc) is 2.82. The molecule has 1 atom stereocenters. The fraction of sp³-hybridized carbons (Fsp3) is 0.467. The summed E-state index contributed by atoms with van der Waals surface area (Å²) in [6, 6.07) is 8.32. The summed E-state index contributed by atoms with van der Waals surface area (Å²) >= 11 is 0. The van der Waals surface area contributed by atoms with Crippen LogP contribution in [-0.2, 0) is 22.4 Å². The van der Waals surface area contributed by atoms with Gasteiger partial charge in [0.2, 0.25) is 11.8 Å². The molecule has 4 nitrogen and oxygen atoms in total. The first-order valence-corrected chi connectivity index (χ1v) is 6.81. The van der Waals surface area contributed by atoms with Gasteiger partial charge in [-0.1, -0.05) is 31.2 Å². The third-order valence-electron chi connectivity index (χ3n) is 3.41. The number of benzene rings is 1. The van der Waals surface area contributed by atoms with Crippen LogP contribution in [0.25, 0.3) is 0 Å². The molecule has 19 heavy (non-hydrogen) atoms. The van der Waals surface area contributed by atoms with Crippen LogP contribution in [0.3, 0.4) is 0 Å². The van der Waals surface area contributed by atoms with Crippen LogP contribution in [0, 0.1) is 0 Å². The van der Waals surface area contributed by atoms with Crippen molar-refractivity contribution >= 4 is 11.8 Å². The molecule has 102 valence electrons. The lowest BCUT2D eigenvalue weighted by atomic mass is 10.1. The molecular formula is C15H20N2O2. The predicted octanol–water partition coefficient (Wildman–Crippen LogP) is 1.19. The molecule has 0 spiro atoms. The Balaban J connectivity index is 1.74. The number of rotatable bonds is 5. The zero-order valence-electron chi connectivity index (χ0n) is 11.2. The zero-order valence-corrected chi connectivity index (χ0v) is 11.2. The summed E-state index contributed by atoms with van der Waals surface area (Å²) in [5.41, 5.74) is 2.48. The highest BCUT2D eigenvalue weighted by molar-refractivity contribution is 5.82. The summed E-state index contributed by atoms with van der Waals surface area (Å²) in [4.78, 5) is 22.8. The van der Waals surface area contributed by atoms with Gasteiger partial charge < -0.3 is 10.6 Å². The Kier molecular flexibility index (Phi) is 4.55. The number of aryl methyl sites for hydroxylation is 2. The van der Waals surface area contributed by atoms with E-state index in [0.717, 1.165) is 12.8 Å². The van der Waals surface area contributed by atoms with Gasteiger partial charge in [0, 0.05) is 19.4 Å². The highest BCUT2D eigenvalue weighted by Gasteiger charge is 2.22. The molecule has 0 bridgehead atoms. The van der Waals surface area contributed by atoms with Crippen LogP contribution in [0.2, 0.25) is 0 Å². The predicted molar refractivity (Wildman–Crippen MR) is 73.7 cm³/mol. The van der Waals surface area contributed by atoms with E-state index in [-0.39, 0.29) is 17.9 Å². The van der Waals surface area contributed by atoms with Crippen LogP contribution in [0.1, 0.15) is 30.9 Å². The molecule has 0 saturated carbocycles. The molecule has 0 aromatic heterocycles. The Bertz CT molecular complexity index is 454. The summed E-state index contributed by atoms with van der Waals surface area (Å²) in [6.45, 7) is 2.68. The van der Waals surface area contributed by atoms with Crippen molar-refractivity contribution in [2.45, 2.75) is 38.6 Å². The van der Waals surface area contributed by atoms with E-state index >= 15 is 0 Å². The molecule has 0 aliphatic carbocycles. The molecule has 1 aliphatic rings. The van der Waals surface area contributed by atoms with Crippen LogP contribution in [0.4, 0.5) is 0 Å². The Morgan fingerprint density at radius 1 is 1.32 bits per heavy atom. The Morgan fingerprint density at radius 3 is 2.58 bits per heavy atom. The van der Waals surface area contributed by atoms with Gasteiger partial charge in [-0.25, -0.2) is 0 Å². The highest BCUT2D eigenvalue weighted by atomic mass is 16.2. The Labute approximate surface area is 113 Å². The molecule has 4 heteroatoms. The number of carbonyl (C=O) groups excluding carboxylic acids is 2. The first kappa shape index (κ1) is 13.6. The van der Waals surface area contributed by atoms with Gasteiger partial charge in [0.15, 0.2) is 0 Å². The van der Waals surface area contributed by atoms with E-state index < -0.39 is 0 Å². The topological polar surface area (TPSA) is 58.2 Å². The minimum atomic E-state index is -0.0394. The maximum absolute atomic E-state index is 11.8. The van der Waals surface area contributed by atoms with Gasteiger partial charge in [-0.2, -0.15) is 0 Å². The minimum absolute atomic E-state index is 0.0143. The minimum Gasteiger partial charge on any atom is -0.354 e. The summed E-state index contributed by atoms with van der Waals surface area (Å²) in [5.74, 6) is 0.0292. The third-order valence-corrected chi connectivity index (χ3v) is 3.41. The van der Waals surface area contributed by atoms with E-state index in [9.17, 15) is 9.59 Å². The van der Waals surface area contributed by atoms with Crippen molar-refractivity contribution in [3.63, 3.8) is 0 Å². The summed E-state index contributed by atoms with van der Waals surface area (Å²) in [7, 11) is 0. The van der Waals surface area contributed by atoms with Crippen molar-refractivity contribution in [3.05, 3.63) is 35.4 Å². The van der Waals surface area contributed by atoms with Crippen LogP contribution >= 0.6 is 0 Å². The monoisotopic (exact) mass is 260 g/mol. The summed E-state index contributed by atoms with van der Waals surface area (Å²) in [6.07, 6.45) is 2.64. The molecule has 2 amide bonds. The summed E-state index contributed by atoms with van der Waals surface area (Å²) in [5, 5.41) is 5.59. The van der Waals surface area contributed by atoms with Gasteiger partial charge in [-0.15, -0.1) is 0 Å². The maximum Gasteiger partial charge on any atom is 0.222 e. The van der Waals surface area contributed by atoms with E-state index in [1.807, 2.05) is 0 Å². The maximum atomic E-state index is 11.8. The van der Waals surface area contributed by atoms with Crippen molar-refractivity contribution in [2.75, 3.05) is 6.54 Å². The first-order chi connectivity index (χ1) is 9.17. The van der Waals surface area contributed by atoms with Crippen LogP contribution < -0.4 is 10.6 Å². The van der Waals surface area contributed by atoms with E-state index in [0.29, 0.717) is 19.4 Å². The number of carbonyl (C=O) groups is 2. The molecule has 1 unspecified atom stereocenters. The number of hydrogen-bond donors (Lipinski definition) is 2. The van der Waals surface area contributed by atoms with Crippen molar-refractivity contribution in [1.29, 1.82) is 0 Å². The number of nitrogens with one attached hydrogen (secondary N) is 2. The van der Waals surface area contributed by atoms with Gasteiger partial charge >= 0.3 is 0 Å². The second kappa shape index (κ2) is 6.36. The van der Waals surface area contributed by atoms with Crippen molar-refractivity contribution in [2.24, 2.45) is 0 Å². The SMILES string of the molecule is CCc1ccc(CCC(=O)NC2CNC(=O)C2)cc1. The molecule has 2 rings (SSSR count). The van der Waals surface area contributed by atoms with Gasteiger partial charge in [0.1, 0.15) is 0 Å². The lowest BCUT2D eigenvalue weighted by molar-refractivity contribution is -0.121. The molecule has 1 aliphatic heterocycles. The van der Waals surface area contributed by atoms with Gasteiger partial charge in [0.05, 0.1) is 6.04 Å². The standard InChI is InChI=1S/C15H20N2O2/c1-2-11-3-5-12(6-4-11)7-8-14(18)17-13-9-15(19)16-10-13/h3-6,13H,2,7-10H2,1H3,(H,16,19)(H,17,18). The van der Waals surface area contributed by atoms with Crippen molar-refractivity contribution in [1.82, 2.24) is 10.6 Å². The molecule has 0 radical (unpaired) electrons. The molecule has 1 aromatic carbocycles. The van der Waals surface area contributed by atoms with Crippen LogP contribution in [-0.4, -0.2) is 24.4 Å². The van der Waals surface area contributed by atoms with Crippen LogP contribution in [0.5, 0.6) is 0 Å². The van der Waals surface area contributed by atoms with Gasteiger partial charge in [-0.05, 0) is 24.0 Å². The number of hydrogen-bond acceptors (Lipinski definition) is 2. The molecule has 2 N–H and O–H groups in total. The first-order valence-electron chi connectivity index (χ1n) is 6.81. The Morgan fingerprint density at radius 2 is 2.00 bits per heavy atom. The normalized spacial score (nSPS) is 18.2. The van der Waals surface area contributed by atoms with Gasteiger partial charge in [0.25, 0.3) is 0 Å². The van der Waals surface area contributed by atoms with E-state index in [1.54, 1.807) is 0 Å². The Hall–Kier alpha value is -1.84. The van der Waals surface area contributed by atoms with Gasteiger partial charge in [-0.3, -0.25) is 9.59 Å². The third kappa shape index (κ3) is 4.09. The van der Waals surface area contributed by atoms with E-state index in [4.69, 9.17) is 0 Å². The van der Waals surface area contributed by atoms with Crippen molar-refractivity contribution in [3.8, 4) is 0 Å². The smallest absolute Gasteiger partial charge is 0.222 e. The van der Waals surface area contributed by atoms with Crippen LogP contribution in [0.15, 0.2) is 24.3 Å². The van der Waals surface area contributed by atoms with Crippen molar-refractivity contribution < 1.29 is 9.59 Å². The quantitative estimate of drug-likeness (QED) is 0.835.